The van der Waals surface area contributed by atoms with Crippen molar-refractivity contribution >= 4 is 15.9 Å². The molecule has 2 rings (SSSR count). The molecule has 0 spiro atoms. The Bertz CT molecular complexity index is 331. The van der Waals surface area contributed by atoms with Gasteiger partial charge in [-0.1, -0.05) is 60.2 Å². The summed E-state index contributed by atoms with van der Waals surface area (Å²) < 4.78 is 1.17. The number of benzene rings is 1. The van der Waals surface area contributed by atoms with Crippen molar-refractivity contribution in [2.75, 3.05) is 6.54 Å². The molecule has 1 nitrogen and oxygen atoms in total. The summed E-state index contributed by atoms with van der Waals surface area (Å²) in [4.78, 5) is 0. The number of nitrogens with one attached hydrogen (secondary N) is 1. The molecule has 0 atom stereocenters. The zero-order valence-electron chi connectivity index (χ0n) is 10.4. The Labute approximate surface area is 113 Å². The predicted octanol–water partition coefficient (Wildman–Crippen LogP) is 4.51. The van der Waals surface area contributed by atoms with E-state index in [0.717, 1.165) is 19.0 Å². The number of rotatable bonds is 5. The van der Waals surface area contributed by atoms with Crippen LogP contribution >= 0.6 is 15.9 Å². The Balaban J connectivity index is 1.62. The maximum Gasteiger partial charge on any atom is 0.0205 e. The van der Waals surface area contributed by atoms with Crippen LogP contribution in [0.2, 0.25) is 0 Å². The van der Waals surface area contributed by atoms with Crippen molar-refractivity contribution in [3.05, 3.63) is 34.3 Å². The molecule has 0 aliphatic heterocycles. The van der Waals surface area contributed by atoms with Crippen LogP contribution in [-0.4, -0.2) is 6.54 Å². The molecule has 1 aromatic rings. The van der Waals surface area contributed by atoms with Crippen molar-refractivity contribution in [1.29, 1.82) is 0 Å². The van der Waals surface area contributed by atoms with Gasteiger partial charge in [-0.05, 0) is 36.6 Å². The van der Waals surface area contributed by atoms with Crippen molar-refractivity contribution in [2.24, 2.45) is 5.92 Å². The summed E-state index contributed by atoms with van der Waals surface area (Å²) >= 11 is 3.51. The van der Waals surface area contributed by atoms with Gasteiger partial charge in [-0.25, -0.2) is 0 Å². The summed E-state index contributed by atoms with van der Waals surface area (Å²) in [6.45, 7) is 2.16. The summed E-state index contributed by atoms with van der Waals surface area (Å²) in [5.41, 5.74) is 1.36. The van der Waals surface area contributed by atoms with Gasteiger partial charge in [0.15, 0.2) is 0 Å². The van der Waals surface area contributed by atoms with Gasteiger partial charge in [0.25, 0.3) is 0 Å². The van der Waals surface area contributed by atoms with E-state index >= 15 is 0 Å². The lowest BCUT2D eigenvalue weighted by Gasteiger charge is -2.21. The van der Waals surface area contributed by atoms with E-state index in [9.17, 15) is 0 Å². The fourth-order valence-electron chi connectivity index (χ4n) is 2.66. The number of hydrogen-bond donors (Lipinski definition) is 1. The lowest BCUT2D eigenvalue weighted by molar-refractivity contribution is 0.334. The van der Waals surface area contributed by atoms with Crippen LogP contribution in [0.25, 0.3) is 0 Å². The van der Waals surface area contributed by atoms with Gasteiger partial charge in [0.05, 0.1) is 0 Å². The molecular weight excluding hydrogens is 274 g/mol. The highest BCUT2D eigenvalue weighted by atomic mass is 79.9. The molecule has 0 amide bonds. The second-order valence-corrected chi connectivity index (χ2v) is 6.02. The molecule has 0 aromatic heterocycles. The van der Waals surface area contributed by atoms with Crippen molar-refractivity contribution in [3.63, 3.8) is 0 Å². The quantitative estimate of drug-likeness (QED) is 0.788. The van der Waals surface area contributed by atoms with E-state index in [4.69, 9.17) is 0 Å². The lowest BCUT2D eigenvalue weighted by Crippen LogP contribution is -2.19. The van der Waals surface area contributed by atoms with E-state index in [2.05, 4.69) is 45.5 Å². The first-order chi connectivity index (χ1) is 8.34. The third-order valence-corrected chi connectivity index (χ3v) is 4.17. The Morgan fingerprint density at radius 2 is 2.00 bits per heavy atom. The summed E-state index contributed by atoms with van der Waals surface area (Å²) in [7, 11) is 0. The highest BCUT2D eigenvalue weighted by molar-refractivity contribution is 9.10. The van der Waals surface area contributed by atoms with Gasteiger partial charge >= 0.3 is 0 Å². The maximum atomic E-state index is 3.56. The molecule has 1 aliphatic rings. The standard InChI is InChI=1S/C15H22BrN/c16-15-8-4-7-14(11-15)12-17-10-9-13-5-2-1-3-6-13/h4,7-8,11,13,17H,1-3,5-6,9-10,12H2. The largest absolute Gasteiger partial charge is 0.313 e. The van der Waals surface area contributed by atoms with Gasteiger partial charge in [-0.2, -0.15) is 0 Å². The van der Waals surface area contributed by atoms with E-state index in [-0.39, 0.29) is 0 Å². The van der Waals surface area contributed by atoms with Crippen molar-refractivity contribution < 1.29 is 0 Å². The SMILES string of the molecule is Brc1cccc(CNCCC2CCCCC2)c1. The topological polar surface area (TPSA) is 12.0 Å². The molecule has 1 aliphatic carbocycles. The average Bonchev–Trinajstić information content (AvgIpc) is 2.36. The first-order valence-corrected chi connectivity index (χ1v) is 7.59. The minimum atomic E-state index is 0.985. The minimum Gasteiger partial charge on any atom is -0.313 e. The van der Waals surface area contributed by atoms with E-state index in [1.54, 1.807) is 0 Å². The average molecular weight is 296 g/mol. The second-order valence-electron chi connectivity index (χ2n) is 5.10. The zero-order chi connectivity index (χ0) is 11.9. The maximum absolute atomic E-state index is 3.56. The van der Waals surface area contributed by atoms with Gasteiger partial charge in [0.1, 0.15) is 0 Å². The third-order valence-electron chi connectivity index (χ3n) is 3.67. The van der Waals surface area contributed by atoms with Gasteiger partial charge in [0, 0.05) is 11.0 Å². The van der Waals surface area contributed by atoms with Crippen molar-refractivity contribution in [1.82, 2.24) is 5.32 Å². The predicted molar refractivity (Wildman–Crippen MR) is 77.0 cm³/mol. The molecule has 0 heterocycles. The molecule has 2 heteroatoms. The lowest BCUT2D eigenvalue weighted by atomic mass is 9.87. The monoisotopic (exact) mass is 295 g/mol. The highest BCUT2D eigenvalue weighted by Crippen LogP contribution is 2.25. The third kappa shape index (κ3) is 4.81. The smallest absolute Gasteiger partial charge is 0.0205 e. The van der Waals surface area contributed by atoms with Gasteiger partial charge in [-0.15, -0.1) is 0 Å². The molecule has 0 saturated heterocycles. The molecule has 94 valence electrons. The molecule has 1 aromatic carbocycles. The van der Waals surface area contributed by atoms with E-state index < -0.39 is 0 Å². The fourth-order valence-corrected chi connectivity index (χ4v) is 3.11. The van der Waals surface area contributed by atoms with Crippen LogP contribution in [0.15, 0.2) is 28.7 Å². The second kappa shape index (κ2) is 7.17. The summed E-state index contributed by atoms with van der Waals surface area (Å²) in [5, 5.41) is 3.56. The van der Waals surface area contributed by atoms with Crippen LogP contribution in [0.1, 0.15) is 44.1 Å². The molecule has 0 unspecified atom stereocenters. The van der Waals surface area contributed by atoms with E-state index in [1.807, 2.05) is 0 Å². The minimum absolute atomic E-state index is 0.985. The molecular formula is C15H22BrN. The summed E-state index contributed by atoms with van der Waals surface area (Å²) in [6.07, 6.45) is 8.64. The Hall–Kier alpha value is -0.340. The van der Waals surface area contributed by atoms with Crippen LogP contribution in [0.3, 0.4) is 0 Å². The zero-order valence-corrected chi connectivity index (χ0v) is 12.0. The van der Waals surface area contributed by atoms with Gasteiger partial charge < -0.3 is 5.32 Å². The van der Waals surface area contributed by atoms with Crippen LogP contribution in [-0.2, 0) is 6.54 Å². The molecule has 1 fully saturated rings. The Morgan fingerprint density at radius 1 is 1.18 bits per heavy atom. The first-order valence-electron chi connectivity index (χ1n) is 6.80. The van der Waals surface area contributed by atoms with Crippen LogP contribution in [0.5, 0.6) is 0 Å². The first kappa shape index (κ1) is 13.1. The number of halogens is 1. The van der Waals surface area contributed by atoms with Crippen LogP contribution < -0.4 is 5.32 Å². The molecule has 1 saturated carbocycles. The highest BCUT2D eigenvalue weighted by Gasteiger charge is 2.12. The molecule has 0 bridgehead atoms. The summed E-state index contributed by atoms with van der Waals surface area (Å²) in [6, 6.07) is 8.54. The summed E-state index contributed by atoms with van der Waals surface area (Å²) in [5.74, 6) is 0.985. The molecule has 0 radical (unpaired) electrons. The van der Waals surface area contributed by atoms with Gasteiger partial charge in [-0.3, -0.25) is 0 Å². The van der Waals surface area contributed by atoms with Crippen LogP contribution in [0, 0.1) is 5.92 Å². The number of hydrogen-bond acceptors (Lipinski definition) is 1. The normalized spacial score (nSPS) is 17.2. The van der Waals surface area contributed by atoms with E-state index in [0.29, 0.717) is 0 Å². The van der Waals surface area contributed by atoms with E-state index in [1.165, 1.54) is 48.6 Å². The molecule has 17 heavy (non-hydrogen) atoms. The van der Waals surface area contributed by atoms with Crippen molar-refractivity contribution in [3.8, 4) is 0 Å². The Kier molecular flexibility index (Phi) is 5.53. The van der Waals surface area contributed by atoms with Gasteiger partial charge in [0.2, 0.25) is 0 Å². The van der Waals surface area contributed by atoms with Crippen molar-refractivity contribution in [2.45, 2.75) is 45.1 Å². The fraction of sp³-hybridized carbons (Fsp3) is 0.600. The Morgan fingerprint density at radius 3 is 2.76 bits per heavy atom. The van der Waals surface area contributed by atoms with Crippen LogP contribution in [0.4, 0.5) is 0 Å². The molecule has 1 N–H and O–H groups in total.